The summed E-state index contributed by atoms with van der Waals surface area (Å²) in [6.07, 6.45) is 10.2. The highest BCUT2D eigenvalue weighted by Gasteiger charge is 2.30. The first-order chi connectivity index (χ1) is 22.3. The summed E-state index contributed by atoms with van der Waals surface area (Å²) in [5.74, 6) is 1.47. The van der Waals surface area contributed by atoms with Gasteiger partial charge in [-0.05, 0) is 90.7 Å². The van der Waals surface area contributed by atoms with E-state index >= 15 is 4.39 Å². The summed E-state index contributed by atoms with van der Waals surface area (Å²) in [4.78, 5) is 4.45. The lowest BCUT2D eigenvalue weighted by atomic mass is 9.91. The number of hydrogen-bond donors (Lipinski definition) is 2. The van der Waals surface area contributed by atoms with Crippen LogP contribution in [0.15, 0.2) is 79.2 Å². The molecule has 6 heteroatoms. The molecule has 3 aliphatic rings. The van der Waals surface area contributed by atoms with Gasteiger partial charge in [0.05, 0.1) is 5.69 Å². The normalized spacial score (nSPS) is 16.0. The van der Waals surface area contributed by atoms with E-state index in [2.05, 4.69) is 78.9 Å². The first-order valence-electron chi connectivity index (χ1n) is 17.1. The number of ether oxygens (including phenoxy) is 1. The number of unbranched alkanes of at least 4 members (excludes halogenated alkanes) is 1. The van der Waals surface area contributed by atoms with Crippen molar-refractivity contribution < 1.29 is 9.13 Å². The average molecular weight is 621 g/mol. The Morgan fingerprint density at radius 3 is 2.59 bits per heavy atom. The number of benzene rings is 3. The molecule has 6 rings (SSSR count). The molecular weight excluding hydrogens is 571 g/mol. The largest absolute Gasteiger partial charge is 0.453 e. The third-order valence-electron chi connectivity index (χ3n) is 9.80. The van der Waals surface area contributed by atoms with Gasteiger partial charge in [0.25, 0.3) is 0 Å². The van der Waals surface area contributed by atoms with Crippen molar-refractivity contribution in [2.24, 2.45) is 5.92 Å². The van der Waals surface area contributed by atoms with E-state index in [-0.39, 0.29) is 5.82 Å². The summed E-state index contributed by atoms with van der Waals surface area (Å²) in [5.41, 5.74) is 9.31. The van der Waals surface area contributed by atoms with Crippen LogP contribution in [0.4, 0.5) is 15.8 Å². The number of allylic oxidation sites excluding steroid dienone is 1. The first kappa shape index (κ1) is 31.9. The number of nitrogens with zero attached hydrogens (tertiary/aromatic N) is 2. The number of hydrogen-bond acceptors (Lipinski definition) is 5. The smallest absolute Gasteiger partial charge is 0.177 e. The van der Waals surface area contributed by atoms with Crippen LogP contribution < -0.4 is 20.3 Å². The highest BCUT2D eigenvalue weighted by atomic mass is 19.1. The maximum atomic E-state index is 16.2. The van der Waals surface area contributed by atoms with Crippen LogP contribution in [0.25, 0.3) is 16.7 Å². The molecule has 3 aromatic rings. The zero-order chi connectivity index (χ0) is 32.2. The molecule has 0 spiro atoms. The van der Waals surface area contributed by atoms with E-state index in [1.165, 1.54) is 54.4 Å². The molecule has 0 aromatic heterocycles. The van der Waals surface area contributed by atoms with Crippen molar-refractivity contribution in [2.45, 2.75) is 58.8 Å². The van der Waals surface area contributed by atoms with Gasteiger partial charge in [0.1, 0.15) is 11.4 Å². The highest BCUT2D eigenvalue weighted by molar-refractivity contribution is 5.96. The van der Waals surface area contributed by atoms with E-state index in [0.717, 1.165) is 61.6 Å². The van der Waals surface area contributed by atoms with Crippen molar-refractivity contribution >= 4 is 16.9 Å². The van der Waals surface area contributed by atoms with Gasteiger partial charge in [-0.3, -0.25) is 0 Å². The Bertz CT molecular complexity index is 1640. The van der Waals surface area contributed by atoms with E-state index in [1.807, 2.05) is 24.2 Å². The monoisotopic (exact) mass is 620 g/mol. The molecule has 1 aliphatic carbocycles. The van der Waals surface area contributed by atoms with Gasteiger partial charge in [-0.1, -0.05) is 76.6 Å². The molecule has 1 saturated heterocycles. The fourth-order valence-electron chi connectivity index (χ4n) is 7.09. The fourth-order valence-corrected chi connectivity index (χ4v) is 7.09. The molecule has 2 heterocycles. The van der Waals surface area contributed by atoms with E-state index in [4.69, 9.17) is 4.74 Å². The fraction of sp³-hybridized carbons (Fsp3) is 0.400. The quantitative estimate of drug-likeness (QED) is 0.147. The lowest BCUT2D eigenvalue weighted by Gasteiger charge is -2.32. The minimum atomic E-state index is -0.346. The van der Waals surface area contributed by atoms with Crippen molar-refractivity contribution in [1.82, 2.24) is 10.2 Å². The zero-order valence-corrected chi connectivity index (χ0v) is 27.9. The van der Waals surface area contributed by atoms with Crippen molar-refractivity contribution in [3.63, 3.8) is 0 Å². The molecular formula is C40H49FN4O. The van der Waals surface area contributed by atoms with Gasteiger partial charge in [-0.15, -0.1) is 0 Å². The van der Waals surface area contributed by atoms with Crippen molar-refractivity contribution in [1.29, 1.82) is 0 Å². The summed E-state index contributed by atoms with van der Waals surface area (Å²) in [6, 6.07) is 16.3. The molecule has 0 bridgehead atoms. The Hall–Kier alpha value is -4.03. The minimum Gasteiger partial charge on any atom is -0.453 e. The minimum absolute atomic E-state index is 0.346. The number of fused-ring (bicyclic) bond motifs is 4. The Labute approximate surface area is 274 Å². The number of halogens is 1. The highest BCUT2D eigenvalue weighted by Crippen LogP contribution is 2.50. The molecule has 0 amide bonds. The summed E-state index contributed by atoms with van der Waals surface area (Å²) in [6.45, 7) is 17.9. The first-order valence-corrected chi connectivity index (χ1v) is 17.1. The van der Waals surface area contributed by atoms with Crippen molar-refractivity contribution in [3.05, 3.63) is 102 Å². The van der Waals surface area contributed by atoms with Crippen LogP contribution in [0.5, 0.6) is 11.5 Å². The predicted octanol–water partition coefficient (Wildman–Crippen LogP) is 9.36. The van der Waals surface area contributed by atoms with Gasteiger partial charge in [0.2, 0.25) is 0 Å². The SMILES string of the molecule is C=C(NCCC(C)CCCC)C1=CN(C)c2c(cc(F)c(NCCN3CCCC3)c2Oc2ccc3c(c2)-c2ccccc2C3)C1=C. The maximum absolute atomic E-state index is 16.2. The van der Waals surface area contributed by atoms with Crippen LogP contribution in [0.3, 0.4) is 0 Å². The summed E-state index contributed by atoms with van der Waals surface area (Å²) < 4.78 is 22.9. The number of nitrogens with one attached hydrogen (secondary N) is 2. The van der Waals surface area contributed by atoms with E-state index < -0.39 is 0 Å². The van der Waals surface area contributed by atoms with Gasteiger partial charge in [0, 0.05) is 49.7 Å². The van der Waals surface area contributed by atoms with Crippen LogP contribution in [-0.4, -0.2) is 44.7 Å². The Morgan fingerprint density at radius 1 is 1.00 bits per heavy atom. The predicted molar refractivity (Wildman–Crippen MR) is 191 cm³/mol. The molecule has 0 saturated carbocycles. The third-order valence-corrected chi connectivity index (χ3v) is 9.80. The summed E-state index contributed by atoms with van der Waals surface area (Å²) in [7, 11) is 1.99. The summed E-state index contributed by atoms with van der Waals surface area (Å²) >= 11 is 0. The van der Waals surface area contributed by atoms with Gasteiger partial charge in [0.15, 0.2) is 11.6 Å². The van der Waals surface area contributed by atoms with Crippen LogP contribution >= 0.6 is 0 Å². The lowest BCUT2D eigenvalue weighted by Crippen LogP contribution is -2.27. The summed E-state index contributed by atoms with van der Waals surface area (Å²) in [5, 5.41) is 6.94. The molecule has 2 aliphatic heterocycles. The van der Waals surface area contributed by atoms with Crippen molar-refractivity contribution in [2.75, 3.05) is 50.0 Å². The van der Waals surface area contributed by atoms with E-state index in [9.17, 15) is 0 Å². The average Bonchev–Trinajstić information content (AvgIpc) is 3.70. The van der Waals surface area contributed by atoms with Gasteiger partial charge < -0.3 is 25.2 Å². The number of anilines is 2. The molecule has 242 valence electrons. The second-order valence-electron chi connectivity index (χ2n) is 13.3. The van der Waals surface area contributed by atoms with E-state index in [0.29, 0.717) is 35.2 Å². The molecule has 1 fully saturated rings. The Kier molecular flexibility index (Phi) is 9.83. The topological polar surface area (TPSA) is 39.8 Å². The second kappa shape index (κ2) is 14.2. The maximum Gasteiger partial charge on any atom is 0.177 e. The van der Waals surface area contributed by atoms with Crippen LogP contribution in [0.1, 0.15) is 69.1 Å². The van der Waals surface area contributed by atoms with Crippen LogP contribution in [-0.2, 0) is 6.42 Å². The van der Waals surface area contributed by atoms with E-state index in [1.54, 1.807) is 6.07 Å². The molecule has 3 aromatic carbocycles. The molecule has 1 unspecified atom stereocenters. The third kappa shape index (κ3) is 6.73. The molecule has 5 nitrogen and oxygen atoms in total. The Morgan fingerprint density at radius 2 is 1.78 bits per heavy atom. The molecule has 2 N–H and O–H groups in total. The standard InChI is InChI=1S/C40H49FN4O/c1-6-7-12-27(2)17-18-42-29(4)36-26-44(5)39-34(28(36)3)25-37(41)38(43-19-22-45-20-10-11-21-45)40(39)46-32-16-15-31-23-30-13-8-9-14-33(30)35(31)24-32/h8-9,13-16,24-27,42-43H,3-4,6-7,10-12,17-23H2,1-2,5H3. The van der Waals surface area contributed by atoms with Gasteiger partial charge in [-0.25, -0.2) is 4.39 Å². The molecule has 46 heavy (non-hydrogen) atoms. The second-order valence-corrected chi connectivity index (χ2v) is 13.3. The number of likely N-dealkylation sites (tertiary alicyclic amines) is 1. The van der Waals surface area contributed by atoms with Gasteiger partial charge >= 0.3 is 0 Å². The van der Waals surface area contributed by atoms with Gasteiger partial charge in [-0.2, -0.15) is 0 Å². The zero-order valence-electron chi connectivity index (χ0n) is 27.9. The molecule has 1 atom stereocenters. The van der Waals surface area contributed by atoms with Crippen LogP contribution in [0.2, 0.25) is 0 Å². The Balaban J connectivity index is 1.29. The van der Waals surface area contributed by atoms with Crippen LogP contribution in [0, 0.1) is 11.7 Å². The van der Waals surface area contributed by atoms with Crippen molar-refractivity contribution in [3.8, 4) is 22.6 Å². The lowest BCUT2D eigenvalue weighted by molar-refractivity contribution is 0.352. The molecule has 0 radical (unpaired) electrons. The number of rotatable bonds is 14.